The Hall–Kier alpha value is -1.58. The number of nitrogens with one attached hydrogen (secondary N) is 1. The van der Waals surface area contributed by atoms with Crippen molar-refractivity contribution in [2.45, 2.75) is 134 Å². The summed E-state index contributed by atoms with van der Waals surface area (Å²) >= 11 is 0. The number of carboxylic acid groups (broad SMARTS) is 1. The number of carbonyl (C=O) groups is 2. The van der Waals surface area contributed by atoms with E-state index in [1.807, 2.05) is 0 Å². The monoisotopic (exact) mass is 659 g/mol. The largest absolute Gasteiger partial charge is 0.479 e. The summed E-state index contributed by atoms with van der Waals surface area (Å²) in [4.78, 5) is 22.5. The molecule has 1 amide bonds. The summed E-state index contributed by atoms with van der Waals surface area (Å²) < 4.78 is 22.2. The number of aliphatic carboxylic acids is 1. The maximum atomic E-state index is 11.4. The van der Waals surface area contributed by atoms with Crippen LogP contribution < -0.4 is 5.32 Å². The van der Waals surface area contributed by atoms with E-state index < -0.39 is 123 Å². The van der Waals surface area contributed by atoms with Crippen LogP contribution in [0.1, 0.15) is 48.5 Å². The molecule has 0 spiro atoms. The highest BCUT2D eigenvalue weighted by atomic mass is 16.7. The maximum absolute atomic E-state index is 11.4. The van der Waals surface area contributed by atoms with E-state index in [9.17, 15) is 50.4 Å². The summed E-state index contributed by atoms with van der Waals surface area (Å²) in [5, 5.41) is 99.0. The van der Waals surface area contributed by atoms with Crippen LogP contribution in [-0.2, 0) is 28.5 Å². The summed E-state index contributed by atoms with van der Waals surface area (Å²) in [6.45, 7) is 5.81. The van der Waals surface area contributed by atoms with Crippen LogP contribution in [0.4, 0.5) is 0 Å². The number of ether oxygens (including phenoxy) is 4. The van der Waals surface area contributed by atoms with E-state index in [0.717, 1.165) is 0 Å². The van der Waals surface area contributed by atoms with Crippen molar-refractivity contribution >= 4 is 11.9 Å². The molecule has 3 aliphatic heterocycles. The lowest BCUT2D eigenvalue weighted by Gasteiger charge is -2.47. The number of amides is 1. The van der Waals surface area contributed by atoms with Gasteiger partial charge in [0.25, 0.3) is 0 Å². The fourth-order valence-electron chi connectivity index (χ4n) is 5.53. The van der Waals surface area contributed by atoms with E-state index in [1.165, 1.54) is 13.8 Å². The third kappa shape index (κ3) is 9.72. The van der Waals surface area contributed by atoms with Crippen molar-refractivity contribution in [1.82, 2.24) is 5.32 Å². The first-order chi connectivity index (χ1) is 20.4. The molecular formula is C28H53NO16. The highest BCUT2D eigenvalue weighted by Crippen LogP contribution is 2.35. The number of carboxylic acids is 1. The number of carbonyl (C=O) groups excluding carboxylic acids is 1. The molecule has 11 N–H and O–H groups in total. The van der Waals surface area contributed by atoms with Gasteiger partial charge in [-0.25, -0.2) is 4.79 Å². The van der Waals surface area contributed by atoms with E-state index in [-0.39, 0.29) is 19.8 Å². The van der Waals surface area contributed by atoms with Gasteiger partial charge in [0, 0.05) is 25.2 Å². The lowest BCUT2D eigenvalue weighted by Crippen LogP contribution is -2.65. The molecule has 0 aromatic rings. The van der Waals surface area contributed by atoms with Crippen LogP contribution in [0.3, 0.4) is 0 Å². The van der Waals surface area contributed by atoms with Gasteiger partial charge in [0.15, 0.2) is 11.9 Å². The average molecular weight is 660 g/mol. The number of aliphatic hydroxyl groups excluding tert-OH is 9. The van der Waals surface area contributed by atoms with Gasteiger partial charge < -0.3 is 75.3 Å². The zero-order valence-corrected chi connectivity index (χ0v) is 25.4. The topological polar surface area (TPSA) is 285 Å². The summed E-state index contributed by atoms with van der Waals surface area (Å²) in [6, 6.07) is -0.761. The SMILES string of the molecule is C.CC(=O)NC1[C@H](C)OC(CO)[C@@H](O[C@@H]2OC(CO)[C@@H](O)[C@H](O)C2C)[C@@H]1O.C[C@H]1C([C@H](O)[C@H](O)CO)O[C@@](C)(C(=O)O)C[C@H]1O. The molecule has 0 radical (unpaired) electrons. The second-order valence-electron chi connectivity index (χ2n) is 11.9. The number of hydrogen-bond acceptors (Lipinski definition) is 15. The molecule has 266 valence electrons. The molecule has 3 rings (SSSR count). The highest BCUT2D eigenvalue weighted by Gasteiger charge is 2.51. The molecule has 3 fully saturated rings. The molecule has 0 aromatic carbocycles. The Morgan fingerprint density at radius 2 is 1.51 bits per heavy atom. The summed E-state index contributed by atoms with van der Waals surface area (Å²) in [5.41, 5.74) is -1.62. The Morgan fingerprint density at radius 3 is 2.00 bits per heavy atom. The molecule has 3 aliphatic rings. The van der Waals surface area contributed by atoms with E-state index in [0.29, 0.717) is 0 Å². The average Bonchev–Trinajstić information content (AvgIpc) is 2.97. The van der Waals surface area contributed by atoms with Crippen molar-refractivity contribution in [2.24, 2.45) is 11.8 Å². The van der Waals surface area contributed by atoms with Gasteiger partial charge in [0.1, 0.15) is 42.7 Å². The van der Waals surface area contributed by atoms with Crippen LogP contribution in [0.25, 0.3) is 0 Å². The minimum absolute atomic E-state index is 0. The van der Waals surface area contributed by atoms with Crippen LogP contribution in [0, 0.1) is 11.8 Å². The van der Waals surface area contributed by atoms with Crippen LogP contribution in [-0.4, -0.2) is 168 Å². The van der Waals surface area contributed by atoms with Crippen LogP contribution in [0.5, 0.6) is 0 Å². The molecule has 3 saturated heterocycles. The maximum Gasteiger partial charge on any atom is 0.335 e. The fraction of sp³-hybridized carbons (Fsp3) is 0.929. The van der Waals surface area contributed by atoms with Crippen molar-refractivity contribution in [3.05, 3.63) is 0 Å². The molecule has 5 unspecified atom stereocenters. The van der Waals surface area contributed by atoms with E-state index in [4.69, 9.17) is 29.2 Å². The first-order valence-corrected chi connectivity index (χ1v) is 14.5. The number of rotatable bonds is 9. The quantitative estimate of drug-likeness (QED) is 0.113. The fourth-order valence-corrected chi connectivity index (χ4v) is 5.53. The summed E-state index contributed by atoms with van der Waals surface area (Å²) in [5.74, 6) is -2.82. The Kier molecular flexibility index (Phi) is 16.2. The highest BCUT2D eigenvalue weighted by molar-refractivity contribution is 5.77. The van der Waals surface area contributed by atoms with Crippen molar-refractivity contribution in [1.29, 1.82) is 0 Å². The lowest BCUT2D eigenvalue weighted by atomic mass is 9.81. The first-order valence-electron chi connectivity index (χ1n) is 14.5. The van der Waals surface area contributed by atoms with E-state index >= 15 is 0 Å². The molecule has 0 saturated carbocycles. The lowest BCUT2D eigenvalue weighted by molar-refractivity contribution is -0.323. The van der Waals surface area contributed by atoms with Crippen molar-refractivity contribution < 1.29 is 79.6 Å². The zero-order chi connectivity index (χ0) is 33.7. The Morgan fingerprint density at radius 1 is 0.933 bits per heavy atom. The number of aliphatic hydroxyl groups is 9. The van der Waals surface area contributed by atoms with E-state index in [1.54, 1.807) is 20.8 Å². The normalized spacial score (nSPS) is 43.1. The summed E-state index contributed by atoms with van der Waals surface area (Å²) in [6.07, 6.45) is -13.3. The van der Waals surface area contributed by atoms with Gasteiger partial charge in [-0.1, -0.05) is 21.3 Å². The molecule has 0 aromatic heterocycles. The van der Waals surface area contributed by atoms with Crippen molar-refractivity contribution in [3.8, 4) is 0 Å². The van der Waals surface area contributed by atoms with Crippen LogP contribution in [0.2, 0.25) is 0 Å². The van der Waals surface area contributed by atoms with Gasteiger partial charge in [0.2, 0.25) is 5.91 Å². The first kappa shape index (κ1) is 41.4. The Bertz CT molecular complexity index is 927. The molecule has 16 atom stereocenters. The third-order valence-corrected chi connectivity index (χ3v) is 8.49. The molecule has 0 aliphatic carbocycles. The van der Waals surface area contributed by atoms with Gasteiger partial charge in [0.05, 0.1) is 50.3 Å². The van der Waals surface area contributed by atoms with Gasteiger partial charge >= 0.3 is 5.97 Å². The Balaban J connectivity index is 0.000000470. The van der Waals surface area contributed by atoms with Crippen molar-refractivity contribution in [3.63, 3.8) is 0 Å². The molecule has 3 heterocycles. The molecular weight excluding hydrogens is 606 g/mol. The zero-order valence-electron chi connectivity index (χ0n) is 25.4. The third-order valence-electron chi connectivity index (χ3n) is 8.49. The minimum Gasteiger partial charge on any atom is -0.479 e. The predicted octanol–water partition coefficient (Wildman–Crippen LogP) is -3.94. The van der Waals surface area contributed by atoms with Crippen LogP contribution in [0.15, 0.2) is 0 Å². The second-order valence-corrected chi connectivity index (χ2v) is 11.9. The Labute approximate surface area is 262 Å². The van der Waals surface area contributed by atoms with E-state index in [2.05, 4.69) is 5.32 Å². The predicted molar refractivity (Wildman–Crippen MR) is 153 cm³/mol. The smallest absolute Gasteiger partial charge is 0.335 e. The van der Waals surface area contributed by atoms with Gasteiger partial charge in [-0.2, -0.15) is 0 Å². The number of hydrogen-bond donors (Lipinski definition) is 11. The summed E-state index contributed by atoms with van der Waals surface area (Å²) in [7, 11) is 0. The standard InChI is InChI=1S/C16H29NO9.C11H20O7.CH4/c1-6-12(21)13(22)9(4-18)25-16(6)26-15-10(5-19)24-7(2)11(14(15)23)17-8(3)20;1-5-6(13)3-11(2,10(16)17)18-9(5)8(15)7(14)4-12;/h6-7,9-16,18-19,21-23H,4-5H2,1-3H3,(H,17,20);5-9,12-15H,3-4H2,1-2H3,(H,16,17);1H4/t6?,7-,9?,10?,11?,12+,13+,14+,15+,16-;5-,6-,7-,8-,9?,11-;/m01./s1. The molecule has 45 heavy (non-hydrogen) atoms. The van der Waals surface area contributed by atoms with Crippen LogP contribution >= 0.6 is 0 Å². The minimum atomic E-state index is -1.62. The van der Waals surface area contributed by atoms with Gasteiger partial charge in [-0.3, -0.25) is 4.79 Å². The van der Waals surface area contributed by atoms with Gasteiger partial charge in [-0.05, 0) is 13.8 Å². The van der Waals surface area contributed by atoms with Gasteiger partial charge in [-0.15, -0.1) is 0 Å². The molecule has 17 nitrogen and oxygen atoms in total. The second kappa shape index (κ2) is 17.5. The molecule has 0 bridgehead atoms. The van der Waals surface area contributed by atoms with Crippen molar-refractivity contribution in [2.75, 3.05) is 19.8 Å². The molecule has 17 heteroatoms.